The van der Waals surface area contributed by atoms with Crippen LogP contribution in [0, 0.1) is 11.8 Å². The largest absolute Gasteiger partial charge is 0.497 e. The van der Waals surface area contributed by atoms with E-state index in [1.165, 1.54) is 19.2 Å². The lowest BCUT2D eigenvalue weighted by atomic mass is 9.92. The highest BCUT2D eigenvalue weighted by Gasteiger charge is 2.58. The summed E-state index contributed by atoms with van der Waals surface area (Å²) in [5.41, 5.74) is 1.28. The van der Waals surface area contributed by atoms with Crippen LogP contribution >= 0.6 is 0 Å². The van der Waals surface area contributed by atoms with Crippen molar-refractivity contribution in [1.29, 1.82) is 0 Å². The van der Waals surface area contributed by atoms with E-state index in [0.717, 1.165) is 25.5 Å². The Balaban J connectivity index is 1.39. The number of carbonyl (C=O) groups is 2. The number of carbonyl (C=O) groups excluding carboxylic acids is 1. The van der Waals surface area contributed by atoms with Crippen LogP contribution in [0.3, 0.4) is 0 Å². The van der Waals surface area contributed by atoms with E-state index in [9.17, 15) is 36.6 Å². The third kappa shape index (κ3) is 7.60. The average molecular weight is 600 g/mol. The molecule has 2 fully saturated rings. The second-order valence-electron chi connectivity index (χ2n) is 11.0. The molecule has 4 rings (SSSR count). The van der Waals surface area contributed by atoms with Crippen LogP contribution in [-0.2, 0) is 4.79 Å². The van der Waals surface area contributed by atoms with Gasteiger partial charge in [0.15, 0.2) is 0 Å². The van der Waals surface area contributed by atoms with Crippen LogP contribution in [0.5, 0.6) is 11.6 Å². The Morgan fingerprint density at radius 1 is 1.10 bits per heavy atom. The Hall–Kier alpha value is -3.64. The smallest absolute Gasteiger partial charge is 0.455 e. The lowest BCUT2D eigenvalue weighted by Gasteiger charge is -2.35. The molecule has 1 saturated heterocycles. The normalized spacial score (nSPS) is 17.1. The van der Waals surface area contributed by atoms with Gasteiger partial charge in [0, 0.05) is 38.5 Å². The lowest BCUT2D eigenvalue weighted by Crippen LogP contribution is -2.47. The number of pyridine rings is 1. The van der Waals surface area contributed by atoms with Gasteiger partial charge in [0.2, 0.25) is 5.88 Å². The van der Waals surface area contributed by atoms with E-state index in [-0.39, 0.29) is 23.8 Å². The molecular weight excluding hydrogens is 565 g/mol. The summed E-state index contributed by atoms with van der Waals surface area (Å²) in [4.78, 5) is 30.9. The predicted molar refractivity (Wildman–Crippen MR) is 143 cm³/mol. The quantitative estimate of drug-likeness (QED) is 0.317. The van der Waals surface area contributed by atoms with E-state index < -0.39 is 30.5 Å². The van der Waals surface area contributed by atoms with Gasteiger partial charge in [-0.25, -0.2) is 4.98 Å². The fourth-order valence-corrected chi connectivity index (χ4v) is 5.27. The van der Waals surface area contributed by atoms with Crippen LogP contribution in [0.15, 0.2) is 36.5 Å². The Bertz CT molecular complexity index is 1260. The Labute approximate surface area is 240 Å². The number of piperidine rings is 1. The zero-order chi connectivity index (χ0) is 30.7. The third-order valence-corrected chi connectivity index (χ3v) is 7.83. The summed E-state index contributed by atoms with van der Waals surface area (Å²) in [6, 6.07) is 8.02. The maximum Gasteiger partial charge on any atom is 0.455 e. The minimum Gasteiger partial charge on any atom is -0.497 e. The summed E-state index contributed by atoms with van der Waals surface area (Å²) in [5.74, 6) is -5.59. The first-order valence-corrected chi connectivity index (χ1v) is 13.7. The predicted octanol–water partition coefficient (Wildman–Crippen LogP) is 5.62. The highest BCUT2D eigenvalue weighted by atomic mass is 19.4. The molecule has 0 spiro atoms. The molecule has 1 aromatic carbocycles. The zero-order valence-corrected chi connectivity index (χ0v) is 23.4. The van der Waals surface area contributed by atoms with Gasteiger partial charge in [-0.1, -0.05) is 0 Å². The number of carboxylic acid groups (broad SMARTS) is 1. The number of hydrogen-bond acceptors (Lipinski definition) is 6. The third-order valence-electron chi connectivity index (χ3n) is 7.83. The van der Waals surface area contributed by atoms with Gasteiger partial charge in [-0.3, -0.25) is 9.59 Å². The molecule has 1 N–H and O–H groups in total. The van der Waals surface area contributed by atoms with E-state index in [2.05, 4.69) is 4.98 Å². The van der Waals surface area contributed by atoms with Gasteiger partial charge in [-0.2, -0.15) is 22.0 Å². The molecule has 42 heavy (non-hydrogen) atoms. The minimum atomic E-state index is -5.78. The Morgan fingerprint density at radius 2 is 1.79 bits per heavy atom. The van der Waals surface area contributed by atoms with Crippen LogP contribution in [0.1, 0.15) is 53.9 Å². The van der Waals surface area contributed by atoms with Crippen LogP contribution in [-0.4, -0.2) is 79.4 Å². The van der Waals surface area contributed by atoms with Crippen LogP contribution in [0.25, 0.3) is 0 Å². The molecule has 2 aromatic rings. The second-order valence-corrected chi connectivity index (χ2v) is 11.0. The maximum atomic E-state index is 13.6. The van der Waals surface area contributed by atoms with Crippen molar-refractivity contribution in [1.82, 2.24) is 9.88 Å². The number of nitrogens with zero attached hydrogens (tertiary/aromatic N) is 3. The van der Waals surface area contributed by atoms with Crippen molar-refractivity contribution in [2.75, 3.05) is 45.3 Å². The zero-order valence-electron chi connectivity index (χ0n) is 23.4. The number of anilines is 1. The van der Waals surface area contributed by atoms with E-state index in [4.69, 9.17) is 9.47 Å². The number of carboxylic acids is 1. The molecule has 1 unspecified atom stereocenters. The standard InChI is InChI=1S/C29H34F5N3O5/c1-36(17-28(30,31)29(32,33)34)27(40)22-6-5-21(41-2)14-24(22)37-11-8-18(9-12-37)16-42-25-13-20(7-10-35-25)23(15-26(38)39)19-3-4-19/h5-7,10,13-14,18-19,23H,3-4,8-9,11-12,15-17H2,1-2H3,(H,38,39). The van der Waals surface area contributed by atoms with Gasteiger partial charge in [-0.15, -0.1) is 0 Å². The summed E-state index contributed by atoms with van der Waals surface area (Å²) >= 11 is 0. The molecule has 2 heterocycles. The SMILES string of the molecule is COc1ccc(C(=O)N(C)CC(F)(F)C(F)(F)F)c(N2CCC(COc3cc(C(CC(=O)O)C4CC4)ccn3)CC2)c1. The molecule has 13 heteroatoms. The molecule has 1 aliphatic carbocycles. The number of amides is 1. The van der Waals surface area contributed by atoms with Crippen molar-refractivity contribution in [3.8, 4) is 11.6 Å². The van der Waals surface area contributed by atoms with Gasteiger partial charge in [0.05, 0.1) is 37.9 Å². The van der Waals surface area contributed by atoms with E-state index in [1.54, 1.807) is 18.3 Å². The summed E-state index contributed by atoms with van der Waals surface area (Å²) in [6.45, 7) is -0.455. The molecule has 2 aliphatic rings. The summed E-state index contributed by atoms with van der Waals surface area (Å²) in [7, 11) is 2.34. The van der Waals surface area contributed by atoms with Crippen LogP contribution in [0.4, 0.5) is 27.6 Å². The molecule has 1 atom stereocenters. The number of ether oxygens (including phenoxy) is 2. The molecular formula is C29H34F5N3O5. The van der Waals surface area contributed by atoms with Gasteiger partial charge >= 0.3 is 18.1 Å². The molecule has 0 bridgehead atoms. The van der Waals surface area contributed by atoms with Crippen LogP contribution in [0.2, 0.25) is 0 Å². The molecule has 0 radical (unpaired) electrons. The van der Waals surface area contributed by atoms with Gasteiger partial charge in [0.25, 0.3) is 5.91 Å². The van der Waals surface area contributed by atoms with Crippen molar-refractivity contribution in [3.05, 3.63) is 47.7 Å². The van der Waals surface area contributed by atoms with Gasteiger partial charge in [-0.05, 0) is 67.2 Å². The molecule has 1 aromatic heterocycles. The van der Waals surface area contributed by atoms with Crippen molar-refractivity contribution < 1.29 is 46.1 Å². The van der Waals surface area contributed by atoms with Gasteiger partial charge in [0.1, 0.15) is 5.75 Å². The number of alkyl halides is 5. The number of halogens is 5. The second kappa shape index (κ2) is 12.7. The highest BCUT2D eigenvalue weighted by Crippen LogP contribution is 2.45. The lowest BCUT2D eigenvalue weighted by molar-refractivity contribution is -0.283. The highest BCUT2D eigenvalue weighted by molar-refractivity contribution is 6.00. The first-order valence-electron chi connectivity index (χ1n) is 13.7. The van der Waals surface area contributed by atoms with E-state index >= 15 is 0 Å². The van der Waals surface area contributed by atoms with E-state index in [1.807, 2.05) is 11.0 Å². The monoisotopic (exact) mass is 599 g/mol. The fourth-order valence-electron chi connectivity index (χ4n) is 5.27. The Kier molecular flexibility index (Phi) is 9.47. The van der Waals surface area contributed by atoms with E-state index in [0.29, 0.717) is 60.7 Å². The van der Waals surface area contributed by atoms with Gasteiger partial charge < -0.3 is 24.4 Å². The minimum absolute atomic E-state index is 0.00133. The molecule has 1 saturated carbocycles. The summed E-state index contributed by atoms with van der Waals surface area (Å²) in [5, 5.41) is 9.30. The number of rotatable bonds is 12. The average Bonchev–Trinajstić information content (AvgIpc) is 3.79. The number of benzene rings is 1. The van der Waals surface area contributed by atoms with Crippen molar-refractivity contribution in [3.63, 3.8) is 0 Å². The molecule has 1 amide bonds. The molecule has 230 valence electrons. The van der Waals surface area contributed by atoms with Crippen molar-refractivity contribution >= 4 is 17.6 Å². The molecule has 8 nitrogen and oxygen atoms in total. The molecule has 1 aliphatic heterocycles. The Morgan fingerprint density at radius 3 is 2.38 bits per heavy atom. The first kappa shape index (κ1) is 31.3. The van der Waals surface area contributed by atoms with Crippen LogP contribution < -0.4 is 14.4 Å². The van der Waals surface area contributed by atoms with Crippen molar-refractivity contribution in [2.45, 2.75) is 50.1 Å². The summed E-state index contributed by atoms with van der Waals surface area (Å²) < 4.78 is 76.7. The number of aliphatic carboxylic acids is 1. The first-order chi connectivity index (χ1) is 19.8. The number of methoxy groups -OCH3 is 1. The topological polar surface area (TPSA) is 92.2 Å². The number of hydrogen-bond donors (Lipinski definition) is 1. The number of aromatic nitrogens is 1. The maximum absolute atomic E-state index is 13.6. The fraction of sp³-hybridized carbons (Fsp3) is 0.552. The van der Waals surface area contributed by atoms with Crippen molar-refractivity contribution in [2.24, 2.45) is 11.8 Å². The summed E-state index contributed by atoms with van der Waals surface area (Å²) in [6.07, 6.45) is -0.762.